The Balaban J connectivity index is 3.22. The van der Waals surface area contributed by atoms with Crippen LogP contribution < -0.4 is 43.8 Å². The number of nitrogens with one attached hydrogen (secondary N) is 5. The molecule has 0 radical (unpaired) electrons. The fourth-order valence-electron chi connectivity index (χ4n) is 5.28. The van der Waals surface area contributed by atoms with Gasteiger partial charge in [-0.25, -0.2) is 9.59 Å². The van der Waals surface area contributed by atoms with Crippen molar-refractivity contribution >= 4 is 47.6 Å². The second kappa shape index (κ2) is 26.2. The van der Waals surface area contributed by atoms with E-state index in [1.165, 1.54) is 24.3 Å². The second-order valence-electron chi connectivity index (χ2n) is 13.5. The normalized spacial score (nSPS) is 13.5. The van der Waals surface area contributed by atoms with Crippen LogP contribution in [0.4, 0.5) is 4.79 Å². The molecule has 0 spiro atoms. The Hall–Kier alpha value is -5.66. The standard InChI is InChI=1S/C36H59N9O11/c1-4-5-8-18-56-36(55)44-25(11-9-17-40-35(38)39)31(50)41-24(10-6-7-16-37)30(49)42-26(20-28(47)48)32(51)45-29(21(2)3)33(52)43-27(34(53)54)19-22-12-14-23(46)15-13-22/h12-15,21,24-27,29,46H,4-11,16-20,37H2,1-3H3,(H,41,50)(H,42,49)(H,43,52)(H,44,55)(H,45,51)(H,47,48)(H,53,54)(H4,38,39,40)/t24-,25-,26-,27-,29-/m0/s1. The van der Waals surface area contributed by atoms with Gasteiger partial charge in [0.2, 0.25) is 23.6 Å². The molecule has 14 N–H and O–H groups in total. The van der Waals surface area contributed by atoms with Crippen LogP contribution in [-0.2, 0) is 39.9 Å². The first-order valence-electron chi connectivity index (χ1n) is 18.6. The molecule has 0 saturated carbocycles. The first-order chi connectivity index (χ1) is 26.5. The van der Waals surface area contributed by atoms with Crippen LogP contribution in [0.5, 0.6) is 5.75 Å². The smallest absolute Gasteiger partial charge is 0.407 e. The van der Waals surface area contributed by atoms with E-state index in [9.17, 15) is 48.9 Å². The van der Waals surface area contributed by atoms with E-state index < -0.39 is 84.2 Å². The van der Waals surface area contributed by atoms with Crippen molar-refractivity contribution in [3.05, 3.63) is 29.8 Å². The summed E-state index contributed by atoms with van der Waals surface area (Å²) in [6.07, 6.45) is 1.54. The van der Waals surface area contributed by atoms with Crippen molar-refractivity contribution in [1.82, 2.24) is 26.6 Å². The van der Waals surface area contributed by atoms with E-state index in [4.69, 9.17) is 21.9 Å². The lowest BCUT2D eigenvalue weighted by Crippen LogP contribution is -2.60. The highest BCUT2D eigenvalue weighted by Gasteiger charge is 2.34. The molecule has 20 nitrogen and oxygen atoms in total. The molecule has 0 fully saturated rings. The number of carboxylic acids is 2. The summed E-state index contributed by atoms with van der Waals surface area (Å²) in [4.78, 5) is 94.4. The molecule has 0 aromatic heterocycles. The summed E-state index contributed by atoms with van der Waals surface area (Å²) in [6.45, 7) is 5.64. The number of carboxylic acid groups (broad SMARTS) is 2. The minimum Gasteiger partial charge on any atom is -0.508 e. The van der Waals surface area contributed by atoms with E-state index in [1.807, 2.05) is 6.92 Å². The molecule has 56 heavy (non-hydrogen) atoms. The van der Waals surface area contributed by atoms with E-state index in [0.717, 1.165) is 12.8 Å². The predicted octanol–water partition coefficient (Wildman–Crippen LogP) is -0.443. The van der Waals surface area contributed by atoms with E-state index >= 15 is 0 Å². The van der Waals surface area contributed by atoms with Gasteiger partial charge in [-0.3, -0.25) is 29.0 Å². The Morgan fingerprint density at radius 3 is 1.86 bits per heavy atom. The van der Waals surface area contributed by atoms with Gasteiger partial charge in [-0.15, -0.1) is 0 Å². The van der Waals surface area contributed by atoms with Crippen LogP contribution >= 0.6 is 0 Å². The van der Waals surface area contributed by atoms with E-state index in [0.29, 0.717) is 24.8 Å². The molecule has 0 heterocycles. The summed E-state index contributed by atoms with van der Waals surface area (Å²) in [7, 11) is 0. The molecule has 0 aliphatic heterocycles. The fourth-order valence-corrected chi connectivity index (χ4v) is 5.28. The molecule has 0 aliphatic carbocycles. The number of phenolic OH excluding ortho intramolecular Hbond substituents is 1. The summed E-state index contributed by atoms with van der Waals surface area (Å²) >= 11 is 0. The largest absolute Gasteiger partial charge is 0.508 e. The minimum atomic E-state index is -1.73. The molecule has 0 unspecified atom stereocenters. The summed E-state index contributed by atoms with van der Waals surface area (Å²) in [5.41, 5.74) is 16.9. The Morgan fingerprint density at radius 1 is 0.732 bits per heavy atom. The maximum atomic E-state index is 13.7. The second-order valence-corrected chi connectivity index (χ2v) is 13.5. The zero-order valence-electron chi connectivity index (χ0n) is 32.3. The third-order valence-electron chi connectivity index (χ3n) is 8.36. The number of benzene rings is 1. The number of carbonyl (C=O) groups is 7. The molecule has 1 rings (SSSR count). The van der Waals surface area contributed by atoms with Crippen molar-refractivity contribution in [3.8, 4) is 5.75 Å². The van der Waals surface area contributed by atoms with Crippen LogP contribution in [0, 0.1) is 5.92 Å². The number of unbranched alkanes of at least 4 members (excludes halogenated alkanes) is 3. The highest BCUT2D eigenvalue weighted by atomic mass is 16.5. The number of nitrogens with zero attached hydrogens (tertiary/aromatic N) is 1. The van der Waals surface area contributed by atoms with Gasteiger partial charge in [0.05, 0.1) is 13.0 Å². The minimum absolute atomic E-state index is 0.0208. The lowest BCUT2D eigenvalue weighted by molar-refractivity contribution is -0.143. The lowest BCUT2D eigenvalue weighted by Gasteiger charge is -2.27. The number of guanidine groups is 1. The summed E-state index contributed by atoms with van der Waals surface area (Å²) in [5, 5.41) is 41.2. The molecular formula is C36H59N9O11. The summed E-state index contributed by atoms with van der Waals surface area (Å²) < 4.78 is 5.19. The van der Waals surface area contributed by atoms with Crippen molar-refractivity contribution in [2.24, 2.45) is 28.1 Å². The zero-order valence-corrected chi connectivity index (χ0v) is 32.3. The van der Waals surface area contributed by atoms with Crippen LogP contribution in [0.2, 0.25) is 0 Å². The highest BCUT2D eigenvalue weighted by molar-refractivity contribution is 5.97. The number of amides is 5. The maximum absolute atomic E-state index is 13.7. The first-order valence-corrected chi connectivity index (χ1v) is 18.6. The van der Waals surface area contributed by atoms with Crippen molar-refractivity contribution in [2.45, 2.75) is 115 Å². The number of ether oxygens (including phenoxy) is 1. The van der Waals surface area contributed by atoms with Gasteiger partial charge in [0.15, 0.2) is 5.96 Å². The molecule has 5 amide bonds. The molecule has 5 atom stereocenters. The van der Waals surface area contributed by atoms with Crippen molar-refractivity contribution in [2.75, 3.05) is 19.7 Å². The number of aliphatic imine (C=N–C) groups is 1. The topological polar surface area (TPSA) is 340 Å². The van der Waals surface area contributed by atoms with Crippen LogP contribution in [0.25, 0.3) is 0 Å². The third kappa shape index (κ3) is 19.6. The van der Waals surface area contributed by atoms with Crippen LogP contribution in [-0.4, -0.2) is 113 Å². The quantitative estimate of drug-likeness (QED) is 0.0306. The van der Waals surface area contributed by atoms with Gasteiger partial charge in [0.1, 0.15) is 36.0 Å². The first kappa shape index (κ1) is 48.4. The van der Waals surface area contributed by atoms with Gasteiger partial charge in [0, 0.05) is 13.0 Å². The number of nitrogens with two attached hydrogens (primary N) is 3. The van der Waals surface area contributed by atoms with Crippen LogP contribution in [0.3, 0.4) is 0 Å². The molecule has 0 saturated heterocycles. The molecule has 314 valence electrons. The Labute approximate surface area is 326 Å². The van der Waals surface area contributed by atoms with E-state index in [1.54, 1.807) is 13.8 Å². The number of hydrogen-bond donors (Lipinski definition) is 11. The zero-order chi connectivity index (χ0) is 42.2. The van der Waals surface area contributed by atoms with Gasteiger partial charge in [-0.2, -0.15) is 0 Å². The number of aliphatic carboxylic acids is 2. The molecule has 1 aromatic carbocycles. The van der Waals surface area contributed by atoms with Crippen LogP contribution in [0.1, 0.15) is 84.1 Å². The Bertz CT molecular complexity index is 1470. The Morgan fingerprint density at radius 2 is 1.30 bits per heavy atom. The monoisotopic (exact) mass is 793 g/mol. The predicted molar refractivity (Wildman–Crippen MR) is 205 cm³/mol. The molecule has 1 aromatic rings. The summed E-state index contributed by atoms with van der Waals surface area (Å²) in [6, 6.07) is -1.34. The van der Waals surface area contributed by atoms with Gasteiger partial charge >= 0.3 is 18.0 Å². The van der Waals surface area contributed by atoms with E-state index in [-0.39, 0.29) is 57.1 Å². The fraction of sp³-hybridized carbons (Fsp3) is 0.611. The van der Waals surface area contributed by atoms with Crippen molar-refractivity contribution in [3.63, 3.8) is 0 Å². The van der Waals surface area contributed by atoms with Gasteiger partial charge in [-0.05, 0) is 68.7 Å². The number of hydrogen-bond acceptors (Lipinski definition) is 11. The number of carbonyl (C=O) groups excluding carboxylic acids is 5. The molecular weight excluding hydrogens is 734 g/mol. The van der Waals surface area contributed by atoms with Gasteiger partial charge in [0.25, 0.3) is 0 Å². The van der Waals surface area contributed by atoms with Crippen molar-refractivity contribution < 1.29 is 53.6 Å². The number of alkyl carbamates (subject to hydrolysis) is 1. The average Bonchev–Trinajstić information content (AvgIpc) is 3.12. The van der Waals surface area contributed by atoms with E-state index in [2.05, 4.69) is 31.6 Å². The average molecular weight is 794 g/mol. The number of aromatic hydroxyl groups is 1. The van der Waals surface area contributed by atoms with Gasteiger partial charge < -0.3 is 63.8 Å². The number of rotatable bonds is 27. The SMILES string of the molecule is CCCCCOC(=O)N[C@@H](CCCN=C(N)N)C(=O)N[C@@H](CCCCN)C(=O)N[C@@H](CC(=O)O)C(=O)N[C@H](C(=O)N[C@@H](Cc1ccc(O)cc1)C(=O)O)C(C)C. The van der Waals surface area contributed by atoms with Gasteiger partial charge in [-0.1, -0.05) is 45.7 Å². The number of phenols is 1. The molecule has 0 bridgehead atoms. The Kier molecular flexibility index (Phi) is 22.6. The molecule has 0 aliphatic rings. The molecule has 20 heteroatoms. The third-order valence-corrected chi connectivity index (χ3v) is 8.36. The summed E-state index contributed by atoms with van der Waals surface area (Å²) in [5.74, 6) is -7.30. The lowest BCUT2D eigenvalue weighted by atomic mass is 10.0. The van der Waals surface area contributed by atoms with Crippen molar-refractivity contribution in [1.29, 1.82) is 0 Å². The maximum Gasteiger partial charge on any atom is 0.407 e. The highest BCUT2D eigenvalue weighted by Crippen LogP contribution is 2.13. The van der Waals surface area contributed by atoms with Crippen LogP contribution in [0.15, 0.2) is 29.3 Å².